The molecular formula is C39H74O2Si2. The maximum absolute atomic E-state index is 7.01. The van der Waals surface area contributed by atoms with E-state index in [-0.39, 0.29) is 0 Å². The summed E-state index contributed by atoms with van der Waals surface area (Å²) >= 11 is 0. The SMILES string of the molecule is C[C@H](CCC[C@@H](C)C1=CC[C@H]2[C@@H]3CC[C@H]4C[C@@H](O[Si](C)(C)C(C)(C)C)CC[C@]4(C)[C@H]3CC[C@]12C)CO[Si](C)(C)C(C)(C)C. The summed E-state index contributed by atoms with van der Waals surface area (Å²) in [5, 5.41) is 0.608. The molecule has 0 bridgehead atoms. The number of fused-ring (bicyclic) bond motifs is 5. The van der Waals surface area contributed by atoms with Crippen molar-refractivity contribution in [3.63, 3.8) is 0 Å². The molecule has 0 radical (unpaired) electrons. The van der Waals surface area contributed by atoms with Crippen LogP contribution in [-0.2, 0) is 8.85 Å². The molecule has 0 unspecified atom stereocenters. The Morgan fingerprint density at radius 1 is 0.837 bits per heavy atom. The highest BCUT2D eigenvalue weighted by Crippen LogP contribution is 2.67. The Bertz CT molecular complexity index is 986. The summed E-state index contributed by atoms with van der Waals surface area (Å²) in [6, 6.07) is 0. The van der Waals surface area contributed by atoms with E-state index < -0.39 is 16.6 Å². The first-order valence-corrected chi connectivity index (χ1v) is 24.5. The van der Waals surface area contributed by atoms with E-state index in [0.717, 1.165) is 36.2 Å². The molecule has 43 heavy (non-hydrogen) atoms. The Labute approximate surface area is 271 Å². The van der Waals surface area contributed by atoms with E-state index in [9.17, 15) is 0 Å². The van der Waals surface area contributed by atoms with Crippen LogP contribution < -0.4 is 0 Å². The maximum Gasteiger partial charge on any atom is 0.192 e. The van der Waals surface area contributed by atoms with Gasteiger partial charge in [0.15, 0.2) is 16.6 Å². The minimum absolute atomic E-state index is 0.302. The molecule has 3 fully saturated rings. The highest BCUT2D eigenvalue weighted by Gasteiger charge is 2.59. The van der Waals surface area contributed by atoms with Crippen molar-refractivity contribution < 1.29 is 8.85 Å². The van der Waals surface area contributed by atoms with Gasteiger partial charge in [0.05, 0.1) is 0 Å². The molecule has 250 valence electrons. The number of hydrogen-bond donors (Lipinski definition) is 0. The molecule has 4 aliphatic rings. The largest absolute Gasteiger partial charge is 0.417 e. The molecule has 0 heterocycles. The Morgan fingerprint density at radius 3 is 2.12 bits per heavy atom. The highest BCUT2D eigenvalue weighted by molar-refractivity contribution is 6.74. The summed E-state index contributed by atoms with van der Waals surface area (Å²) in [6.07, 6.45) is 18.4. The molecule has 0 N–H and O–H groups in total. The van der Waals surface area contributed by atoms with Crippen LogP contribution in [0.2, 0.25) is 36.3 Å². The molecule has 0 saturated heterocycles. The van der Waals surface area contributed by atoms with E-state index in [4.69, 9.17) is 8.85 Å². The van der Waals surface area contributed by atoms with Crippen LogP contribution in [0, 0.1) is 46.3 Å². The van der Waals surface area contributed by atoms with Crippen LogP contribution in [0.3, 0.4) is 0 Å². The van der Waals surface area contributed by atoms with Crippen molar-refractivity contribution in [1.82, 2.24) is 0 Å². The summed E-state index contributed by atoms with van der Waals surface area (Å²) in [6.45, 7) is 35.3. The van der Waals surface area contributed by atoms with Crippen LogP contribution in [0.15, 0.2) is 11.6 Å². The van der Waals surface area contributed by atoms with Gasteiger partial charge >= 0.3 is 0 Å². The average molecular weight is 631 g/mol. The first kappa shape index (κ1) is 35.9. The summed E-state index contributed by atoms with van der Waals surface area (Å²) < 4.78 is 13.6. The Kier molecular flexibility index (Phi) is 10.5. The van der Waals surface area contributed by atoms with Crippen LogP contribution >= 0.6 is 0 Å². The fraction of sp³-hybridized carbons (Fsp3) is 0.949. The first-order valence-electron chi connectivity index (χ1n) is 18.6. The fourth-order valence-electron chi connectivity index (χ4n) is 9.86. The molecule has 3 saturated carbocycles. The lowest BCUT2D eigenvalue weighted by molar-refractivity contribution is -0.116. The molecule has 4 heteroatoms. The van der Waals surface area contributed by atoms with Gasteiger partial charge in [-0.15, -0.1) is 0 Å². The third-order valence-electron chi connectivity index (χ3n) is 14.9. The molecule has 4 aliphatic carbocycles. The van der Waals surface area contributed by atoms with Crippen LogP contribution in [-0.4, -0.2) is 29.3 Å². The number of allylic oxidation sites excluding steroid dienone is 2. The fourth-order valence-corrected chi connectivity index (χ4v) is 12.4. The minimum Gasteiger partial charge on any atom is -0.417 e. The van der Waals surface area contributed by atoms with Gasteiger partial charge in [0.1, 0.15) is 0 Å². The summed E-state index contributed by atoms with van der Waals surface area (Å²) in [5.41, 5.74) is 2.83. The maximum atomic E-state index is 7.01. The van der Waals surface area contributed by atoms with Gasteiger partial charge in [0, 0.05) is 12.7 Å². The predicted octanol–water partition coefficient (Wildman–Crippen LogP) is 12.4. The monoisotopic (exact) mass is 631 g/mol. The zero-order chi connectivity index (χ0) is 32.2. The van der Waals surface area contributed by atoms with E-state index in [1.807, 2.05) is 5.57 Å². The van der Waals surface area contributed by atoms with Crippen LogP contribution in [0.4, 0.5) is 0 Å². The Morgan fingerprint density at radius 2 is 1.49 bits per heavy atom. The standard InChI is InChI=1S/C39H74O2Si2/c1-28(27-40-42(11,12)36(3,4)5)16-15-17-29(2)33-20-21-34-32-19-18-30-26-31(41-43(13,14)37(6,7)8)22-24-38(30,9)35(32)23-25-39(33,34)10/h20,28-32,34-35H,15-19,21-27H2,1-14H3/t28-,29-,30+,31+,32+,34+,35+,38+,39-/m1/s1. The summed E-state index contributed by atoms with van der Waals surface area (Å²) in [4.78, 5) is 0. The van der Waals surface area contributed by atoms with Crippen molar-refractivity contribution in [2.75, 3.05) is 6.61 Å². The van der Waals surface area contributed by atoms with Crippen LogP contribution in [0.1, 0.15) is 140 Å². The normalized spacial score (nSPS) is 36.8. The minimum atomic E-state index is -1.70. The lowest BCUT2D eigenvalue weighted by Crippen LogP contribution is -2.55. The van der Waals surface area contributed by atoms with Crippen LogP contribution in [0.5, 0.6) is 0 Å². The lowest BCUT2D eigenvalue weighted by Gasteiger charge is -2.61. The van der Waals surface area contributed by atoms with E-state index in [1.54, 1.807) is 0 Å². The molecule has 0 spiro atoms. The van der Waals surface area contributed by atoms with Crippen molar-refractivity contribution in [3.8, 4) is 0 Å². The molecule has 2 nitrogen and oxygen atoms in total. The molecule has 0 aliphatic heterocycles. The predicted molar refractivity (Wildman–Crippen MR) is 193 cm³/mol. The number of hydrogen-bond acceptors (Lipinski definition) is 2. The van der Waals surface area contributed by atoms with Gasteiger partial charge in [0.25, 0.3) is 0 Å². The summed E-state index contributed by atoms with van der Waals surface area (Å²) in [5.74, 6) is 5.02. The van der Waals surface area contributed by atoms with Gasteiger partial charge in [-0.1, -0.05) is 87.3 Å². The molecule has 0 aromatic carbocycles. The van der Waals surface area contributed by atoms with Gasteiger partial charge < -0.3 is 8.85 Å². The van der Waals surface area contributed by atoms with Gasteiger partial charge in [-0.25, -0.2) is 0 Å². The molecular weight excluding hydrogens is 557 g/mol. The van der Waals surface area contributed by atoms with Gasteiger partial charge in [-0.05, 0) is 147 Å². The van der Waals surface area contributed by atoms with Gasteiger partial charge in [-0.2, -0.15) is 0 Å². The van der Waals surface area contributed by atoms with Crippen LogP contribution in [0.25, 0.3) is 0 Å². The number of rotatable bonds is 10. The van der Waals surface area contributed by atoms with E-state index in [0.29, 0.717) is 32.9 Å². The van der Waals surface area contributed by atoms with Crippen molar-refractivity contribution in [2.45, 2.75) is 182 Å². The van der Waals surface area contributed by atoms with E-state index in [1.165, 1.54) is 70.6 Å². The molecule has 9 atom stereocenters. The molecule has 0 aromatic heterocycles. The second kappa shape index (κ2) is 12.6. The zero-order valence-electron chi connectivity index (χ0n) is 31.4. The Balaban J connectivity index is 1.31. The average Bonchev–Trinajstić information content (AvgIpc) is 3.23. The third-order valence-corrected chi connectivity index (χ3v) is 24.0. The second-order valence-corrected chi connectivity index (χ2v) is 29.4. The van der Waals surface area contributed by atoms with Crippen molar-refractivity contribution in [3.05, 3.63) is 11.6 Å². The van der Waals surface area contributed by atoms with Crippen molar-refractivity contribution in [1.29, 1.82) is 0 Å². The molecule has 4 rings (SSSR count). The second-order valence-electron chi connectivity index (χ2n) is 19.8. The topological polar surface area (TPSA) is 18.5 Å². The zero-order valence-corrected chi connectivity index (χ0v) is 33.4. The third kappa shape index (κ3) is 7.18. The lowest BCUT2D eigenvalue weighted by atomic mass is 9.44. The van der Waals surface area contributed by atoms with E-state index in [2.05, 4.69) is 102 Å². The molecule has 0 amide bonds. The van der Waals surface area contributed by atoms with Crippen molar-refractivity contribution >= 4 is 16.6 Å². The quantitative estimate of drug-likeness (QED) is 0.177. The smallest absolute Gasteiger partial charge is 0.192 e. The molecule has 0 aromatic rings. The first-order chi connectivity index (χ1) is 19.6. The summed E-state index contributed by atoms with van der Waals surface area (Å²) in [7, 11) is -3.34. The highest BCUT2D eigenvalue weighted by atomic mass is 28.4. The van der Waals surface area contributed by atoms with Crippen molar-refractivity contribution in [2.24, 2.45) is 46.3 Å². The Hall–Kier alpha value is 0.0938. The van der Waals surface area contributed by atoms with E-state index >= 15 is 0 Å². The van der Waals surface area contributed by atoms with Gasteiger partial charge in [0.2, 0.25) is 0 Å². The van der Waals surface area contributed by atoms with Gasteiger partial charge in [-0.3, -0.25) is 0 Å².